The smallest absolute Gasteiger partial charge is 0.164 e. The number of hydrogen-bond acceptors (Lipinski definition) is 6. The van der Waals surface area contributed by atoms with Crippen molar-refractivity contribution in [2.75, 3.05) is 0 Å². The van der Waals surface area contributed by atoms with E-state index in [1.54, 1.807) is 6.20 Å². The average molecular weight is 554 g/mol. The molecule has 8 rings (SSSR count). The van der Waals surface area contributed by atoms with Crippen LogP contribution in [0.5, 0.6) is 0 Å². The number of furan rings is 1. The minimum Gasteiger partial charge on any atom is -0.454 e. The van der Waals surface area contributed by atoms with Crippen LogP contribution >= 0.6 is 0 Å². The molecule has 202 valence electrons. The van der Waals surface area contributed by atoms with E-state index < -0.39 is 0 Å². The highest BCUT2D eigenvalue weighted by atomic mass is 16.3. The second-order valence-electron chi connectivity index (χ2n) is 10.1. The zero-order valence-electron chi connectivity index (χ0n) is 22.9. The van der Waals surface area contributed by atoms with Gasteiger partial charge in [0, 0.05) is 45.4 Å². The van der Waals surface area contributed by atoms with E-state index in [2.05, 4.69) is 24.3 Å². The lowest BCUT2D eigenvalue weighted by atomic mass is 9.99. The average Bonchev–Trinajstić information content (AvgIpc) is 3.48. The maximum absolute atomic E-state index is 6.28. The fourth-order valence-corrected chi connectivity index (χ4v) is 5.38. The highest BCUT2D eigenvalue weighted by Crippen LogP contribution is 2.37. The quantitative estimate of drug-likeness (QED) is 0.212. The van der Waals surface area contributed by atoms with E-state index in [0.29, 0.717) is 23.2 Å². The number of aromatic nitrogens is 5. The fourth-order valence-electron chi connectivity index (χ4n) is 5.38. The first kappa shape index (κ1) is 24.8. The van der Waals surface area contributed by atoms with Gasteiger partial charge in [0.15, 0.2) is 23.1 Å². The molecule has 0 atom stereocenters. The Morgan fingerprint density at radius 2 is 0.953 bits per heavy atom. The van der Waals surface area contributed by atoms with Gasteiger partial charge in [0.05, 0.1) is 0 Å². The molecular weight excluding hydrogens is 530 g/mol. The molecule has 4 aromatic heterocycles. The van der Waals surface area contributed by atoms with Crippen molar-refractivity contribution in [3.8, 4) is 56.7 Å². The molecule has 4 aromatic carbocycles. The fraction of sp³-hybridized carbons (Fsp3) is 0. The molecule has 0 N–H and O–H groups in total. The molecule has 0 aliphatic heterocycles. The number of rotatable bonds is 5. The van der Waals surface area contributed by atoms with Crippen LogP contribution in [0.15, 0.2) is 144 Å². The van der Waals surface area contributed by atoms with E-state index in [1.165, 1.54) is 0 Å². The highest BCUT2D eigenvalue weighted by molar-refractivity contribution is 6.09. The van der Waals surface area contributed by atoms with Crippen molar-refractivity contribution in [3.05, 3.63) is 140 Å². The van der Waals surface area contributed by atoms with E-state index in [1.807, 2.05) is 109 Å². The van der Waals surface area contributed by atoms with Crippen molar-refractivity contribution < 1.29 is 4.42 Å². The second-order valence-corrected chi connectivity index (χ2v) is 10.1. The molecule has 0 spiro atoms. The summed E-state index contributed by atoms with van der Waals surface area (Å²) in [7, 11) is 0. The van der Waals surface area contributed by atoms with E-state index in [0.717, 1.165) is 55.4 Å². The van der Waals surface area contributed by atoms with Crippen LogP contribution in [0.25, 0.3) is 78.6 Å². The molecule has 43 heavy (non-hydrogen) atoms. The maximum Gasteiger partial charge on any atom is 0.164 e. The lowest BCUT2D eigenvalue weighted by Gasteiger charge is -2.11. The SMILES string of the molecule is c1ccc(-c2nc(-c3ccccc3)nc(-c3ccc(-c4cccnc4-c4nccc5c4oc4ccccc45)cc3)n2)cc1. The van der Waals surface area contributed by atoms with E-state index in [9.17, 15) is 0 Å². The lowest BCUT2D eigenvalue weighted by Crippen LogP contribution is -2.00. The number of fused-ring (bicyclic) bond motifs is 3. The lowest BCUT2D eigenvalue weighted by molar-refractivity contribution is 0.668. The predicted molar refractivity (Wildman–Crippen MR) is 170 cm³/mol. The van der Waals surface area contributed by atoms with Crippen molar-refractivity contribution in [3.63, 3.8) is 0 Å². The zero-order valence-corrected chi connectivity index (χ0v) is 22.9. The van der Waals surface area contributed by atoms with Gasteiger partial charge in [-0.25, -0.2) is 15.0 Å². The molecule has 0 aliphatic rings. The van der Waals surface area contributed by atoms with Crippen molar-refractivity contribution >= 4 is 21.9 Å². The van der Waals surface area contributed by atoms with Crippen molar-refractivity contribution in [1.82, 2.24) is 24.9 Å². The van der Waals surface area contributed by atoms with Gasteiger partial charge in [-0.05, 0) is 23.8 Å². The molecule has 0 aliphatic carbocycles. The molecule has 4 heterocycles. The Kier molecular flexibility index (Phi) is 6.01. The van der Waals surface area contributed by atoms with Crippen LogP contribution in [0.2, 0.25) is 0 Å². The molecule has 6 heteroatoms. The van der Waals surface area contributed by atoms with Crippen LogP contribution in [-0.2, 0) is 0 Å². The first-order valence-corrected chi connectivity index (χ1v) is 14.0. The summed E-state index contributed by atoms with van der Waals surface area (Å²) in [5.74, 6) is 1.88. The van der Waals surface area contributed by atoms with Gasteiger partial charge >= 0.3 is 0 Å². The van der Waals surface area contributed by atoms with Crippen LogP contribution in [0.3, 0.4) is 0 Å². The van der Waals surface area contributed by atoms with Gasteiger partial charge in [0.1, 0.15) is 17.0 Å². The van der Waals surface area contributed by atoms with Gasteiger partial charge < -0.3 is 4.42 Å². The Bertz CT molecular complexity index is 2170. The Balaban J connectivity index is 1.22. The topological polar surface area (TPSA) is 77.6 Å². The number of nitrogens with zero attached hydrogens (tertiary/aromatic N) is 5. The summed E-state index contributed by atoms with van der Waals surface area (Å²) in [6, 6.07) is 42.2. The van der Waals surface area contributed by atoms with E-state index >= 15 is 0 Å². The number of pyridine rings is 2. The molecule has 8 aromatic rings. The first-order valence-electron chi connectivity index (χ1n) is 14.0. The predicted octanol–water partition coefficient (Wildman–Crippen LogP) is 8.90. The highest BCUT2D eigenvalue weighted by Gasteiger charge is 2.18. The Morgan fingerprint density at radius 3 is 1.63 bits per heavy atom. The van der Waals surface area contributed by atoms with Gasteiger partial charge in [-0.3, -0.25) is 9.97 Å². The molecule has 0 saturated carbocycles. The van der Waals surface area contributed by atoms with Crippen molar-refractivity contribution in [2.24, 2.45) is 0 Å². The van der Waals surface area contributed by atoms with E-state index in [-0.39, 0.29) is 0 Å². The summed E-state index contributed by atoms with van der Waals surface area (Å²) in [6.45, 7) is 0. The summed E-state index contributed by atoms with van der Waals surface area (Å²) < 4.78 is 6.28. The number of benzene rings is 4. The molecule has 0 unspecified atom stereocenters. The monoisotopic (exact) mass is 553 g/mol. The largest absolute Gasteiger partial charge is 0.454 e. The van der Waals surface area contributed by atoms with Gasteiger partial charge in [-0.2, -0.15) is 0 Å². The van der Waals surface area contributed by atoms with E-state index in [4.69, 9.17) is 29.3 Å². The molecule has 0 fully saturated rings. The minimum atomic E-state index is 0.611. The van der Waals surface area contributed by atoms with Crippen LogP contribution in [0.1, 0.15) is 0 Å². The van der Waals surface area contributed by atoms with Crippen LogP contribution < -0.4 is 0 Å². The second kappa shape index (κ2) is 10.4. The van der Waals surface area contributed by atoms with Gasteiger partial charge in [-0.15, -0.1) is 0 Å². The molecule has 0 saturated heterocycles. The summed E-state index contributed by atoms with van der Waals surface area (Å²) >= 11 is 0. The van der Waals surface area contributed by atoms with Gasteiger partial charge in [0.2, 0.25) is 0 Å². The molecule has 0 radical (unpaired) electrons. The van der Waals surface area contributed by atoms with Crippen molar-refractivity contribution in [1.29, 1.82) is 0 Å². The van der Waals surface area contributed by atoms with Gasteiger partial charge in [0.25, 0.3) is 0 Å². The molecular formula is C37H23N5O. The molecule has 0 amide bonds. The van der Waals surface area contributed by atoms with Gasteiger partial charge in [-0.1, -0.05) is 109 Å². The summed E-state index contributed by atoms with van der Waals surface area (Å²) in [5.41, 5.74) is 7.76. The summed E-state index contributed by atoms with van der Waals surface area (Å²) in [5, 5.41) is 2.08. The summed E-state index contributed by atoms with van der Waals surface area (Å²) in [4.78, 5) is 24.0. The Hall–Kier alpha value is -6.01. The molecule has 0 bridgehead atoms. The van der Waals surface area contributed by atoms with Crippen molar-refractivity contribution in [2.45, 2.75) is 0 Å². The maximum atomic E-state index is 6.28. The number of para-hydroxylation sites is 1. The standard InChI is InChI=1S/C37H23N5O/c1-3-10-25(11-4-1)35-40-36(26-12-5-2-6-13-26)42-37(41-35)27-19-17-24(18-20-27)28-15-9-22-38-32(28)33-34-30(21-23-39-33)29-14-7-8-16-31(29)43-34/h1-23H. The normalized spacial score (nSPS) is 11.3. The molecule has 6 nitrogen and oxygen atoms in total. The zero-order chi connectivity index (χ0) is 28.6. The van der Waals surface area contributed by atoms with Crippen LogP contribution in [0.4, 0.5) is 0 Å². The summed E-state index contributed by atoms with van der Waals surface area (Å²) in [6.07, 6.45) is 3.61. The third-order valence-electron chi connectivity index (χ3n) is 7.48. The Labute approximate surface area is 247 Å². The first-order chi connectivity index (χ1) is 21.3. The third-order valence-corrected chi connectivity index (χ3v) is 7.48. The third kappa shape index (κ3) is 4.51. The van der Waals surface area contributed by atoms with Crippen LogP contribution in [-0.4, -0.2) is 24.9 Å². The minimum absolute atomic E-state index is 0.611. The van der Waals surface area contributed by atoms with Crippen LogP contribution in [0, 0.1) is 0 Å². The Morgan fingerprint density at radius 1 is 0.395 bits per heavy atom. The number of hydrogen-bond donors (Lipinski definition) is 0.